The van der Waals surface area contributed by atoms with Crippen molar-refractivity contribution in [3.63, 3.8) is 0 Å². The molecule has 15 heavy (non-hydrogen) atoms. The van der Waals surface area contributed by atoms with Crippen LogP contribution in [0.4, 0.5) is 5.69 Å². The van der Waals surface area contributed by atoms with Crippen molar-refractivity contribution in [2.75, 3.05) is 12.3 Å². The monoisotopic (exact) mass is 225 g/mol. The first-order valence-electron chi connectivity index (χ1n) is 5.37. The highest BCUT2D eigenvalue weighted by molar-refractivity contribution is 6.30. The van der Waals surface area contributed by atoms with Gasteiger partial charge in [-0.3, -0.25) is 0 Å². The summed E-state index contributed by atoms with van der Waals surface area (Å²) < 4.78 is 5.57. The van der Waals surface area contributed by atoms with E-state index in [0.29, 0.717) is 17.3 Å². The molecule has 0 heterocycles. The van der Waals surface area contributed by atoms with E-state index in [1.54, 1.807) is 6.07 Å². The second-order valence-electron chi connectivity index (χ2n) is 4.13. The second-order valence-corrected chi connectivity index (χ2v) is 4.56. The van der Waals surface area contributed by atoms with Gasteiger partial charge in [0.25, 0.3) is 0 Å². The van der Waals surface area contributed by atoms with Gasteiger partial charge in [-0.25, -0.2) is 0 Å². The number of rotatable bonds is 5. The fourth-order valence-electron chi connectivity index (χ4n) is 1.54. The predicted molar refractivity (Wildman–Crippen MR) is 62.9 cm³/mol. The van der Waals surface area contributed by atoms with Gasteiger partial charge in [-0.2, -0.15) is 0 Å². The molecule has 0 aliphatic heterocycles. The molecule has 1 aromatic rings. The smallest absolute Gasteiger partial charge is 0.0736 e. The minimum absolute atomic E-state index is 0.593. The number of anilines is 1. The van der Waals surface area contributed by atoms with Crippen LogP contribution in [-0.2, 0) is 11.3 Å². The number of hydrogen-bond acceptors (Lipinski definition) is 2. The Balaban J connectivity index is 1.76. The van der Waals surface area contributed by atoms with E-state index >= 15 is 0 Å². The van der Waals surface area contributed by atoms with E-state index in [9.17, 15) is 0 Å². The van der Waals surface area contributed by atoms with E-state index in [-0.39, 0.29) is 0 Å². The van der Waals surface area contributed by atoms with E-state index in [1.165, 1.54) is 19.3 Å². The Morgan fingerprint density at radius 2 is 2.20 bits per heavy atom. The molecule has 1 fully saturated rings. The molecule has 0 spiro atoms. The lowest BCUT2D eigenvalue weighted by Gasteiger charge is -2.07. The Morgan fingerprint density at radius 3 is 2.87 bits per heavy atom. The molecule has 2 rings (SSSR count). The van der Waals surface area contributed by atoms with Crippen molar-refractivity contribution in [3.05, 3.63) is 28.8 Å². The average molecular weight is 226 g/mol. The fourth-order valence-corrected chi connectivity index (χ4v) is 1.72. The highest BCUT2D eigenvalue weighted by Gasteiger charge is 2.20. The molecule has 0 unspecified atom stereocenters. The molecule has 2 N–H and O–H groups in total. The van der Waals surface area contributed by atoms with Crippen LogP contribution in [0.2, 0.25) is 5.02 Å². The normalized spacial score (nSPS) is 15.5. The summed E-state index contributed by atoms with van der Waals surface area (Å²) in [6.07, 6.45) is 3.95. The number of ether oxygens (including phenoxy) is 1. The molecular weight excluding hydrogens is 210 g/mol. The van der Waals surface area contributed by atoms with Crippen LogP contribution in [0.5, 0.6) is 0 Å². The summed E-state index contributed by atoms with van der Waals surface area (Å²) in [6.45, 7) is 1.43. The summed E-state index contributed by atoms with van der Waals surface area (Å²) in [5, 5.41) is 0.675. The Bertz CT molecular complexity index is 336. The van der Waals surface area contributed by atoms with Crippen LogP contribution in [0.3, 0.4) is 0 Å². The second kappa shape index (κ2) is 4.86. The summed E-state index contributed by atoms with van der Waals surface area (Å²) in [4.78, 5) is 0. The minimum Gasteiger partial charge on any atom is -0.398 e. The maximum atomic E-state index is 5.81. The molecule has 0 aromatic heterocycles. The maximum absolute atomic E-state index is 5.81. The van der Waals surface area contributed by atoms with Gasteiger partial charge in [-0.1, -0.05) is 30.5 Å². The summed E-state index contributed by atoms with van der Waals surface area (Å²) in [5.74, 6) is 0.924. The number of hydrogen-bond donors (Lipinski definition) is 1. The molecule has 0 radical (unpaired) electrons. The molecule has 0 atom stereocenters. The highest BCUT2D eigenvalue weighted by Crippen LogP contribution is 2.32. The summed E-state index contributed by atoms with van der Waals surface area (Å²) >= 11 is 5.81. The van der Waals surface area contributed by atoms with Crippen LogP contribution >= 0.6 is 11.6 Å². The first-order valence-corrected chi connectivity index (χ1v) is 5.75. The molecule has 0 saturated heterocycles. The molecule has 1 aliphatic rings. The Hall–Kier alpha value is -0.730. The van der Waals surface area contributed by atoms with Gasteiger partial charge >= 0.3 is 0 Å². The molecule has 2 nitrogen and oxygen atoms in total. The molecular formula is C12H16ClNO. The van der Waals surface area contributed by atoms with Gasteiger partial charge in [-0.05, 0) is 24.5 Å². The van der Waals surface area contributed by atoms with Crippen LogP contribution in [0.1, 0.15) is 24.8 Å². The van der Waals surface area contributed by atoms with Crippen LogP contribution in [-0.4, -0.2) is 6.61 Å². The first-order chi connectivity index (χ1) is 7.25. The average Bonchev–Trinajstić information content (AvgIpc) is 2.99. The lowest BCUT2D eigenvalue weighted by atomic mass is 10.2. The highest BCUT2D eigenvalue weighted by atomic mass is 35.5. The van der Waals surface area contributed by atoms with Crippen molar-refractivity contribution in [1.82, 2.24) is 0 Å². The number of benzene rings is 1. The third-order valence-electron chi connectivity index (χ3n) is 2.73. The summed E-state index contributed by atoms with van der Waals surface area (Å²) in [5.41, 5.74) is 7.55. The standard InChI is InChI=1S/C12H16ClNO/c13-11-4-3-10(12(14)7-11)8-15-6-5-9-1-2-9/h3-4,7,9H,1-2,5-6,8,14H2. The van der Waals surface area contributed by atoms with Crippen LogP contribution < -0.4 is 5.73 Å². The van der Waals surface area contributed by atoms with Crippen LogP contribution in [0, 0.1) is 5.92 Å². The van der Waals surface area contributed by atoms with Crippen molar-refractivity contribution in [2.24, 2.45) is 5.92 Å². The zero-order chi connectivity index (χ0) is 10.7. The molecule has 1 aromatic carbocycles. The predicted octanol–water partition coefficient (Wildman–Crippen LogP) is 3.24. The molecule has 3 heteroatoms. The van der Waals surface area contributed by atoms with Gasteiger partial charge in [0.1, 0.15) is 0 Å². The fraction of sp³-hybridized carbons (Fsp3) is 0.500. The summed E-state index contributed by atoms with van der Waals surface area (Å²) in [7, 11) is 0. The largest absolute Gasteiger partial charge is 0.398 e. The zero-order valence-electron chi connectivity index (χ0n) is 8.71. The van der Waals surface area contributed by atoms with E-state index in [2.05, 4.69) is 0 Å². The molecule has 0 bridgehead atoms. The van der Waals surface area contributed by atoms with Crippen molar-refractivity contribution in [3.8, 4) is 0 Å². The van der Waals surface area contributed by atoms with E-state index < -0.39 is 0 Å². The van der Waals surface area contributed by atoms with Crippen molar-refractivity contribution in [2.45, 2.75) is 25.9 Å². The maximum Gasteiger partial charge on any atom is 0.0736 e. The molecule has 82 valence electrons. The number of nitrogen functional groups attached to an aromatic ring is 1. The van der Waals surface area contributed by atoms with Gasteiger partial charge < -0.3 is 10.5 Å². The molecule has 0 amide bonds. The number of halogens is 1. The van der Waals surface area contributed by atoms with Crippen molar-refractivity contribution < 1.29 is 4.74 Å². The Labute approximate surface area is 95.4 Å². The van der Waals surface area contributed by atoms with Crippen LogP contribution in [0.25, 0.3) is 0 Å². The van der Waals surface area contributed by atoms with Gasteiger partial charge in [0, 0.05) is 22.9 Å². The van der Waals surface area contributed by atoms with E-state index in [1.807, 2.05) is 12.1 Å². The molecule has 1 saturated carbocycles. The van der Waals surface area contributed by atoms with Crippen LogP contribution in [0.15, 0.2) is 18.2 Å². The lowest BCUT2D eigenvalue weighted by molar-refractivity contribution is 0.115. The Kier molecular flexibility index (Phi) is 3.49. The third-order valence-corrected chi connectivity index (χ3v) is 2.97. The van der Waals surface area contributed by atoms with E-state index in [4.69, 9.17) is 22.1 Å². The van der Waals surface area contributed by atoms with Gasteiger partial charge in [-0.15, -0.1) is 0 Å². The van der Waals surface area contributed by atoms with Crippen molar-refractivity contribution in [1.29, 1.82) is 0 Å². The van der Waals surface area contributed by atoms with E-state index in [0.717, 1.165) is 18.1 Å². The quantitative estimate of drug-likeness (QED) is 0.617. The Morgan fingerprint density at radius 1 is 1.40 bits per heavy atom. The minimum atomic E-state index is 0.593. The lowest BCUT2D eigenvalue weighted by Crippen LogP contribution is -2.00. The molecule has 1 aliphatic carbocycles. The van der Waals surface area contributed by atoms with Crippen molar-refractivity contribution >= 4 is 17.3 Å². The SMILES string of the molecule is Nc1cc(Cl)ccc1COCCC1CC1. The first kappa shape index (κ1) is 10.8. The van der Waals surface area contributed by atoms with Gasteiger partial charge in [0.2, 0.25) is 0 Å². The number of nitrogens with two attached hydrogens (primary N) is 1. The zero-order valence-corrected chi connectivity index (χ0v) is 9.46. The van der Waals surface area contributed by atoms with Gasteiger partial charge in [0.15, 0.2) is 0 Å². The third kappa shape index (κ3) is 3.40. The summed E-state index contributed by atoms with van der Waals surface area (Å²) in [6, 6.07) is 5.54. The topological polar surface area (TPSA) is 35.2 Å². The van der Waals surface area contributed by atoms with Gasteiger partial charge in [0.05, 0.1) is 6.61 Å².